The van der Waals surface area contributed by atoms with E-state index in [2.05, 4.69) is 4.90 Å². The van der Waals surface area contributed by atoms with Gasteiger partial charge in [0.15, 0.2) is 24.0 Å². The van der Waals surface area contributed by atoms with Crippen molar-refractivity contribution in [2.45, 2.75) is 32.5 Å². The molecule has 1 aliphatic rings. The molecular formula is C21H22F4N2O2. The van der Waals surface area contributed by atoms with Gasteiger partial charge in [0, 0.05) is 31.7 Å². The Bertz CT molecular complexity index is 876. The van der Waals surface area contributed by atoms with Gasteiger partial charge in [-0.15, -0.1) is 0 Å². The number of carbonyl (C=O) groups is 1. The third-order valence-corrected chi connectivity index (χ3v) is 5.09. The highest BCUT2D eigenvalue weighted by Crippen LogP contribution is 2.23. The second-order valence-corrected chi connectivity index (χ2v) is 7.26. The van der Waals surface area contributed by atoms with E-state index in [-0.39, 0.29) is 23.8 Å². The zero-order valence-electron chi connectivity index (χ0n) is 16.2. The fourth-order valence-corrected chi connectivity index (χ4v) is 3.43. The molecule has 0 aromatic heterocycles. The van der Waals surface area contributed by atoms with Crippen molar-refractivity contribution in [2.24, 2.45) is 0 Å². The zero-order chi connectivity index (χ0) is 21.1. The summed E-state index contributed by atoms with van der Waals surface area (Å²) in [5.74, 6) is -5.57. The molecule has 8 heteroatoms. The number of piperazine rings is 1. The lowest BCUT2D eigenvalue weighted by Gasteiger charge is -2.44. The Morgan fingerprint density at radius 3 is 2.34 bits per heavy atom. The van der Waals surface area contributed by atoms with E-state index in [0.29, 0.717) is 19.6 Å². The van der Waals surface area contributed by atoms with Crippen LogP contribution in [0.1, 0.15) is 19.4 Å². The monoisotopic (exact) mass is 410 g/mol. The number of rotatable bonds is 5. The largest absolute Gasteiger partial charge is 0.481 e. The van der Waals surface area contributed by atoms with Gasteiger partial charge >= 0.3 is 0 Å². The van der Waals surface area contributed by atoms with E-state index in [0.717, 1.165) is 17.7 Å². The van der Waals surface area contributed by atoms with Crippen LogP contribution in [-0.2, 0) is 11.3 Å². The van der Waals surface area contributed by atoms with Crippen molar-refractivity contribution >= 4 is 5.91 Å². The maximum Gasteiger partial charge on any atom is 0.260 e. The van der Waals surface area contributed by atoms with Gasteiger partial charge in [-0.1, -0.05) is 12.1 Å². The molecule has 3 rings (SSSR count). The van der Waals surface area contributed by atoms with Crippen molar-refractivity contribution in [3.8, 4) is 5.75 Å². The molecule has 1 fully saturated rings. The summed E-state index contributed by atoms with van der Waals surface area (Å²) in [5.41, 5.74) is 0.974. The summed E-state index contributed by atoms with van der Waals surface area (Å²) < 4.78 is 58.1. The lowest BCUT2D eigenvalue weighted by atomic mass is 10.1. The summed E-state index contributed by atoms with van der Waals surface area (Å²) in [6.45, 7) is 5.06. The first-order valence-corrected chi connectivity index (χ1v) is 9.30. The summed E-state index contributed by atoms with van der Waals surface area (Å²) in [5, 5.41) is 0. The summed E-state index contributed by atoms with van der Waals surface area (Å²) in [4.78, 5) is 16.4. The Hall–Kier alpha value is -2.61. The van der Waals surface area contributed by atoms with E-state index >= 15 is 0 Å². The first kappa shape index (κ1) is 21.1. The third kappa shape index (κ3) is 4.87. The van der Waals surface area contributed by atoms with Crippen molar-refractivity contribution in [3.05, 3.63) is 65.2 Å². The second kappa shape index (κ2) is 8.82. The van der Waals surface area contributed by atoms with Gasteiger partial charge in [-0.25, -0.2) is 13.2 Å². The average Bonchev–Trinajstić information content (AvgIpc) is 2.69. The molecule has 0 saturated carbocycles. The minimum absolute atomic E-state index is 0.0419. The van der Waals surface area contributed by atoms with Crippen LogP contribution in [0.5, 0.6) is 5.75 Å². The molecular weight excluding hydrogens is 388 g/mol. The van der Waals surface area contributed by atoms with Gasteiger partial charge in [-0.05, 0) is 43.7 Å². The topological polar surface area (TPSA) is 32.8 Å². The van der Waals surface area contributed by atoms with Crippen molar-refractivity contribution in [3.63, 3.8) is 0 Å². The minimum atomic E-state index is -1.63. The van der Waals surface area contributed by atoms with Gasteiger partial charge in [0.1, 0.15) is 5.82 Å². The number of amides is 1. The van der Waals surface area contributed by atoms with Crippen molar-refractivity contribution in [1.29, 1.82) is 0 Å². The van der Waals surface area contributed by atoms with Gasteiger partial charge in [0.05, 0.1) is 0 Å². The van der Waals surface area contributed by atoms with Crippen LogP contribution in [0.4, 0.5) is 17.6 Å². The van der Waals surface area contributed by atoms with E-state index in [9.17, 15) is 22.4 Å². The number of ether oxygens (including phenoxy) is 1. The third-order valence-electron chi connectivity index (χ3n) is 5.09. The molecule has 0 bridgehead atoms. The lowest BCUT2D eigenvalue weighted by Crippen LogP contribution is -2.58. The smallest absolute Gasteiger partial charge is 0.260 e. The van der Waals surface area contributed by atoms with Crippen LogP contribution in [0.2, 0.25) is 0 Å². The highest BCUT2D eigenvalue weighted by molar-refractivity contribution is 5.78. The molecule has 2 aromatic rings. The Kier molecular flexibility index (Phi) is 6.42. The molecule has 1 saturated heterocycles. The first-order chi connectivity index (χ1) is 13.8. The molecule has 0 unspecified atom stereocenters. The summed E-state index contributed by atoms with van der Waals surface area (Å²) in [6, 6.07) is 7.90. The molecule has 0 N–H and O–H groups in total. The quantitative estimate of drug-likeness (QED) is 0.556. The molecule has 0 spiro atoms. The Morgan fingerprint density at radius 2 is 1.66 bits per heavy atom. The lowest BCUT2D eigenvalue weighted by molar-refractivity contribution is -0.139. The van der Waals surface area contributed by atoms with Gasteiger partial charge < -0.3 is 9.64 Å². The number of carbonyl (C=O) groups excluding carboxylic acids is 1. The van der Waals surface area contributed by atoms with Gasteiger partial charge in [0.2, 0.25) is 5.82 Å². The van der Waals surface area contributed by atoms with Crippen LogP contribution < -0.4 is 4.74 Å². The Balaban J connectivity index is 1.58. The summed E-state index contributed by atoms with van der Waals surface area (Å²) in [6.07, 6.45) is 0. The highest BCUT2D eigenvalue weighted by atomic mass is 19.2. The number of halogens is 4. The molecule has 29 heavy (non-hydrogen) atoms. The second-order valence-electron chi connectivity index (χ2n) is 7.26. The summed E-state index contributed by atoms with van der Waals surface area (Å²) >= 11 is 0. The van der Waals surface area contributed by atoms with Crippen LogP contribution in [-0.4, -0.2) is 47.5 Å². The highest BCUT2D eigenvalue weighted by Gasteiger charge is 2.32. The van der Waals surface area contributed by atoms with Crippen LogP contribution in [0, 0.1) is 23.3 Å². The normalized spacial score (nSPS) is 20.0. The van der Waals surface area contributed by atoms with Gasteiger partial charge in [0.25, 0.3) is 5.91 Å². The Morgan fingerprint density at radius 1 is 0.966 bits per heavy atom. The minimum Gasteiger partial charge on any atom is -0.481 e. The maximum absolute atomic E-state index is 13.7. The number of nitrogens with zero attached hydrogens (tertiary/aromatic N) is 2. The predicted octanol–water partition coefficient (Wildman–Crippen LogP) is 3.74. The fraction of sp³-hybridized carbons (Fsp3) is 0.381. The van der Waals surface area contributed by atoms with Crippen LogP contribution >= 0.6 is 0 Å². The molecule has 0 aliphatic carbocycles. The molecule has 4 nitrogen and oxygen atoms in total. The fourth-order valence-electron chi connectivity index (χ4n) is 3.43. The van der Waals surface area contributed by atoms with Gasteiger partial charge in [-0.3, -0.25) is 9.69 Å². The summed E-state index contributed by atoms with van der Waals surface area (Å²) in [7, 11) is 0. The van der Waals surface area contributed by atoms with Gasteiger partial charge in [-0.2, -0.15) is 4.39 Å². The molecule has 1 heterocycles. The van der Waals surface area contributed by atoms with Crippen LogP contribution in [0.15, 0.2) is 36.4 Å². The first-order valence-electron chi connectivity index (χ1n) is 9.30. The SMILES string of the molecule is C[C@@H]1CN(Cc2ccc(F)cc2)[C@@H](C)CN1C(=O)COc1ccc(F)c(F)c1F. The van der Waals surface area contributed by atoms with Crippen molar-refractivity contribution in [2.75, 3.05) is 19.7 Å². The van der Waals surface area contributed by atoms with E-state index in [1.54, 1.807) is 17.0 Å². The number of hydrogen-bond donors (Lipinski definition) is 0. The molecule has 1 aliphatic heterocycles. The average molecular weight is 410 g/mol. The van der Waals surface area contributed by atoms with Crippen molar-refractivity contribution < 1.29 is 27.1 Å². The van der Waals surface area contributed by atoms with E-state index in [1.165, 1.54) is 12.1 Å². The van der Waals surface area contributed by atoms with Crippen molar-refractivity contribution in [1.82, 2.24) is 9.80 Å². The van der Waals surface area contributed by atoms with E-state index < -0.39 is 29.8 Å². The van der Waals surface area contributed by atoms with Crippen LogP contribution in [0.25, 0.3) is 0 Å². The number of hydrogen-bond acceptors (Lipinski definition) is 3. The molecule has 2 aromatic carbocycles. The Labute approximate surface area is 166 Å². The number of benzene rings is 2. The predicted molar refractivity (Wildman–Crippen MR) is 99.3 cm³/mol. The maximum atomic E-state index is 13.7. The van der Waals surface area contributed by atoms with E-state index in [1.807, 2.05) is 13.8 Å². The molecule has 156 valence electrons. The molecule has 1 amide bonds. The zero-order valence-corrected chi connectivity index (χ0v) is 16.2. The van der Waals surface area contributed by atoms with Crippen LogP contribution in [0.3, 0.4) is 0 Å². The molecule has 2 atom stereocenters. The van der Waals surface area contributed by atoms with E-state index in [4.69, 9.17) is 4.74 Å². The standard InChI is InChI=1S/C21H22F4N2O2/c1-13-10-27(14(2)9-26(13)11-15-3-5-16(22)6-4-15)19(28)12-29-18-8-7-17(23)20(24)21(18)25/h3-8,13-14H,9-12H2,1-2H3/t13-,14+/m0/s1. The molecule has 0 radical (unpaired) electrons.